The topological polar surface area (TPSA) is 145 Å². The van der Waals surface area contributed by atoms with Gasteiger partial charge in [-0.2, -0.15) is 0 Å². The summed E-state index contributed by atoms with van der Waals surface area (Å²) in [6.07, 6.45) is 4.80. The fourth-order valence-electron chi connectivity index (χ4n) is 3.52. The molecule has 1 aromatic carbocycles. The number of carbonyl (C=O) groups excluding carboxylic acids is 1. The van der Waals surface area contributed by atoms with E-state index in [9.17, 15) is 13.2 Å². The third-order valence-corrected chi connectivity index (χ3v) is 6.65. The minimum absolute atomic E-state index is 0.131. The number of aromatic nitrogens is 4. The number of ether oxygens (including phenoxy) is 1. The minimum atomic E-state index is -3.68. The maximum atomic E-state index is 12.7. The van der Waals surface area contributed by atoms with E-state index >= 15 is 0 Å². The van der Waals surface area contributed by atoms with Crippen LogP contribution in [0.1, 0.15) is 18.7 Å². The number of primary amides is 1. The number of nitrogens with one attached hydrogen (secondary N) is 1. The smallest absolute Gasteiger partial charge is 0.255 e. The number of hydrogen-bond donors (Lipinski definition) is 2. The van der Waals surface area contributed by atoms with Gasteiger partial charge in [0, 0.05) is 31.5 Å². The maximum absolute atomic E-state index is 12.7. The first-order chi connectivity index (χ1) is 14.8. The number of sulfonamides is 1. The highest BCUT2D eigenvalue weighted by Gasteiger charge is 2.26. The number of rotatable bonds is 7. The molecule has 0 unspecified atom stereocenters. The van der Waals surface area contributed by atoms with E-state index in [1.54, 1.807) is 6.20 Å². The number of nitrogens with two attached hydrogens (primary N) is 1. The maximum Gasteiger partial charge on any atom is 0.255 e. The summed E-state index contributed by atoms with van der Waals surface area (Å²) in [5, 5.41) is 8.30. The standard InChI is InChI=1S/C19H23N7O4S/c1-13-22-23-19-18(21-8-11-26(13)19)25-9-6-14(7-10-25)24-31(28,29)16-4-2-15(3-5-16)30-12-17(20)27/h2-5,8,11,14,24H,6-7,9-10,12H2,1H3,(H2,20,27). The lowest BCUT2D eigenvalue weighted by atomic mass is 10.1. The van der Waals surface area contributed by atoms with Crippen LogP contribution in [0.15, 0.2) is 41.6 Å². The minimum Gasteiger partial charge on any atom is -0.484 e. The van der Waals surface area contributed by atoms with E-state index in [2.05, 4.69) is 24.8 Å². The largest absolute Gasteiger partial charge is 0.484 e. The number of benzene rings is 1. The van der Waals surface area contributed by atoms with Crippen molar-refractivity contribution in [2.45, 2.75) is 30.7 Å². The average Bonchev–Trinajstić information content (AvgIpc) is 3.14. The first-order valence-electron chi connectivity index (χ1n) is 9.78. The Hall–Kier alpha value is -3.25. The molecule has 1 saturated heterocycles. The number of aryl methyl sites for hydroxylation is 1. The number of amides is 1. The molecule has 0 bridgehead atoms. The number of fused-ring (bicyclic) bond motifs is 1. The zero-order chi connectivity index (χ0) is 22.0. The molecule has 0 aliphatic carbocycles. The second-order valence-electron chi connectivity index (χ2n) is 7.30. The molecule has 3 N–H and O–H groups in total. The molecule has 0 radical (unpaired) electrons. The van der Waals surface area contributed by atoms with Gasteiger partial charge in [0.05, 0.1) is 4.90 Å². The lowest BCUT2D eigenvalue weighted by Crippen LogP contribution is -2.45. The van der Waals surface area contributed by atoms with E-state index in [1.807, 2.05) is 17.5 Å². The van der Waals surface area contributed by atoms with Crippen LogP contribution in [0.2, 0.25) is 0 Å². The first-order valence-corrected chi connectivity index (χ1v) is 11.3. The van der Waals surface area contributed by atoms with Gasteiger partial charge in [-0.25, -0.2) is 18.1 Å². The Morgan fingerprint density at radius 2 is 1.94 bits per heavy atom. The van der Waals surface area contributed by atoms with Crippen molar-refractivity contribution in [3.8, 4) is 5.75 Å². The van der Waals surface area contributed by atoms with Crippen LogP contribution >= 0.6 is 0 Å². The summed E-state index contributed by atoms with van der Waals surface area (Å²) in [4.78, 5) is 17.5. The Labute approximate surface area is 179 Å². The van der Waals surface area contributed by atoms with E-state index in [0.29, 0.717) is 37.3 Å². The van der Waals surface area contributed by atoms with Crippen molar-refractivity contribution >= 4 is 27.4 Å². The van der Waals surface area contributed by atoms with Gasteiger partial charge in [-0.1, -0.05) is 0 Å². The molecule has 1 aliphatic heterocycles. The van der Waals surface area contributed by atoms with Crippen LogP contribution in [0.5, 0.6) is 5.75 Å². The quantitative estimate of drug-likeness (QED) is 0.526. The number of piperidine rings is 1. The molecule has 164 valence electrons. The van der Waals surface area contributed by atoms with Gasteiger partial charge in [-0.05, 0) is 44.0 Å². The van der Waals surface area contributed by atoms with E-state index in [1.165, 1.54) is 24.3 Å². The summed E-state index contributed by atoms with van der Waals surface area (Å²) < 4.78 is 35.3. The summed E-state index contributed by atoms with van der Waals surface area (Å²) in [5.41, 5.74) is 5.73. The molecule has 4 rings (SSSR count). The zero-order valence-electron chi connectivity index (χ0n) is 16.9. The van der Waals surface area contributed by atoms with Gasteiger partial charge in [-0.15, -0.1) is 10.2 Å². The highest BCUT2D eigenvalue weighted by atomic mass is 32.2. The van der Waals surface area contributed by atoms with Gasteiger partial charge in [0.15, 0.2) is 12.4 Å². The molecule has 3 heterocycles. The van der Waals surface area contributed by atoms with Gasteiger partial charge < -0.3 is 15.4 Å². The summed E-state index contributed by atoms with van der Waals surface area (Å²) in [6, 6.07) is 5.67. The van der Waals surface area contributed by atoms with Crippen LogP contribution in [0.4, 0.5) is 5.82 Å². The highest BCUT2D eigenvalue weighted by molar-refractivity contribution is 7.89. The van der Waals surface area contributed by atoms with Crippen LogP contribution in [0.3, 0.4) is 0 Å². The molecular formula is C19H23N7O4S. The van der Waals surface area contributed by atoms with Crippen LogP contribution in [-0.2, 0) is 14.8 Å². The van der Waals surface area contributed by atoms with Crippen molar-refractivity contribution in [2.24, 2.45) is 5.73 Å². The molecule has 1 amide bonds. The molecule has 2 aromatic heterocycles. The predicted molar refractivity (Wildman–Crippen MR) is 112 cm³/mol. The summed E-state index contributed by atoms with van der Waals surface area (Å²) in [6.45, 7) is 2.90. The van der Waals surface area contributed by atoms with Crippen molar-refractivity contribution in [3.63, 3.8) is 0 Å². The Kier molecular flexibility index (Phi) is 5.74. The molecule has 3 aromatic rings. The molecule has 12 heteroatoms. The molecule has 1 fully saturated rings. The Balaban J connectivity index is 1.38. The molecule has 11 nitrogen and oxygen atoms in total. The van der Waals surface area contributed by atoms with Gasteiger partial charge >= 0.3 is 0 Å². The number of carbonyl (C=O) groups is 1. The van der Waals surface area contributed by atoms with Gasteiger partial charge in [0.25, 0.3) is 5.91 Å². The lowest BCUT2D eigenvalue weighted by molar-refractivity contribution is -0.119. The Morgan fingerprint density at radius 3 is 2.61 bits per heavy atom. The van der Waals surface area contributed by atoms with Crippen molar-refractivity contribution < 1.29 is 17.9 Å². The molecule has 0 spiro atoms. The fourth-order valence-corrected chi connectivity index (χ4v) is 4.82. The number of nitrogens with zero attached hydrogens (tertiary/aromatic N) is 5. The normalized spacial score (nSPS) is 15.3. The summed E-state index contributed by atoms with van der Waals surface area (Å²) in [5.74, 6) is 1.30. The molecule has 1 aliphatic rings. The molecule has 0 saturated carbocycles. The monoisotopic (exact) mass is 445 g/mol. The molecule has 0 atom stereocenters. The van der Waals surface area contributed by atoms with Crippen molar-refractivity contribution in [1.82, 2.24) is 24.3 Å². The third-order valence-electron chi connectivity index (χ3n) is 5.11. The zero-order valence-corrected chi connectivity index (χ0v) is 17.7. The van der Waals surface area contributed by atoms with Gasteiger partial charge in [0.2, 0.25) is 15.7 Å². The number of hydrogen-bond acceptors (Lipinski definition) is 8. The van der Waals surface area contributed by atoms with E-state index in [0.717, 1.165) is 11.6 Å². The van der Waals surface area contributed by atoms with Crippen molar-refractivity contribution in [1.29, 1.82) is 0 Å². The van der Waals surface area contributed by atoms with E-state index in [4.69, 9.17) is 10.5 Å². The average molecular weight is 446 g/mol. The Morgan fingerprint density at radius 1 is 1.23 bits per heavy atom. The SMILES string of the molecule is Cc1nnc2c(N3CCC(NS(=O)(=O)c4ccc(OCC(N)=O)cc4)CC3)nccn12. The molecule has 31 heavy (non-hydrogen) atoms. The summed E-state index contributed by atoms with van der Waals surface area (Å²) >= 11 is 0. The van der Waals surface area contributed by atoms with Crippen molar-refractivity contribution in [2.75, 3.05) is 24.6 Å². The fraction of sp³-hybridized carbons (Fsp3) is 0.368. The van der Waals surface area contributed by atoms with Crippen molar-refractivity contribution in [3.05, 3.63) is 42.5 Å². The second-order valence-corrected chi connectivity index (χ2v) is 9.01. The van der Waals surface area contributed by atoms with Crippen LogP contribution < -0.4 is 20.1 Å². The van der Waals surface area contributed by atoms with Gasteiger partial charge in [0.1, 0.15) is 11.6 Å². The predicted octanol–water partition coefficient (Wildman–Crippen LogP) is 0.244. The van der Waals surface area contributed by atoms with E-state index in [-0.39, 0.29) is 17.5 Å². The number of anilines is 1. The van der Waals surface area contributed by atoms with Gasteiger partial charge in [-0.3, -0.25) is 9.20 Å². The third kappa shape index (κ3) is 4.59. The van der Waals surface area contributed by atoms with Crippen LogP contribution in [-0.4, -0.2) is 59.6 Å². The van der Waals surface area contributed by atoms with Crippen LogP contribution in [0.25, 0.3) is 5.65 Å². The lowest BCUT2D eigenvalue weighted by Gasteiger charge is -2.32. The summed E-state index contributed by atoms with van der Waals surface area (Å²) in [7, 11) is -3.68. The highest BCUT2D eigenvalue weighted by Crippen LogP contribution is 2.23. The Bertz CT molecular complexity index is 1190. The first kappa shape index (κ1) is 21.0. The molecular weight excluding hydrogens is 422 g/mol. The second kappa shape index (κ2) is 8.47. The van der Waals surface area contributed by atoms with Crippen LogP contribution in [0, 0.1) is 6.92 Å². The van der Waals surface area contributed by atoms with E-state index < -0.39 is 15.9 Å².